The first-order valence-corrected chi connectivity index (χ1v) is 5.71. The molecular weight excluding hydrogens is 218 g/mol. The van der Waals surface area contributed by atoms with Gasteiger partial charge in [0.25, 0.3) is 0 Å². The minimum absolute atomic E-state index is 0.0502. The van der Waals surface area contributed by atoms with Crippen LogP contribution in [-0.4, -0.2) is 22.9 Å². The molecule has 1 aromatic carbocycles. The third-order valence-electron chi connectivity index (χ3n) is 2.89. The highest BCUT2D eigenvalue weighted by atomic mass is 16.6. The largest absolute Gasteiger partial charge is 0.444 e. The zero-order valence-corrected chi connectivity index (χ0v) is 9.76. The van der Waals surface area contributed by atoms with Crippen LogP contribution in [0.25, 0.3) is 0 Å². The number of hydrogen-bond acceptors (Lipinski definition) is 3. The second kappa shape index (κ2) is 4.99. The molecular formula is C13H15NO3. The third kappa shape index (κ3) is 2.64. The fraction of sp³-hybridized carbons (Fsp3) is 0.385. The summed E-state index contributed by atoms with van der Waals surface area (Å²) in [5.41, 5.74) is 0.917. The molecule has 2 rings (SSSR count). The summed E-state index contributed by atoms with van der Waals surface area (Å²) in [5, 5.41) is 0. The van der Waals surface area contributed by atoms with E-state index < -0.39 is 6.09 Å². The molecule has 0 N–H and O–H groups in total. The van der Waals surface area contributed by atoms with Crippen molar-refractivity contribution in [3.63, 3.8) is 0 Å². The van der Waals surface area contributed by atoms with E-state index in [0.29, 0.717) is 6.42 Å². The topological polar surface area (TPSA) is 46.6 Å². The van der Waals surface area contributed by atoms with Gasteiger partial charge in [-0.15, -0.1) is 0 Å². The summed E-state index contributed by atoms with van der Waals surface area (Å²) in [5.74, 6) is -0.143. The van der Waals surface area contributed by atoms with E-state index in [1.807, 2.05) is 37.3 Å². The van der Waals surface area contributed by atoms with Gasteiger partial charge in [-0.3, -0.25) is 4.79 Å². The van der Waals surface area contributed by atoms with Crippen LogP contribution < -0.4 is 0 Å². The van der Waals surface area contributed by atoms with Gasteiger partial charge >= 0.3 is 6.09 Å². The molecule has 1 aromatic rings. The van der Waals surface area contributed by atoms with Crippen LogP contribution in [0.3, 0.4) is 0 Å². The lowest BCUT2D eigenvalue weighted by atomic mass is 10.2. The first kappa shape index (κ1) is 11.6. The molecule has 4 heteroatoms. The Labute approximate surface area is 100 Å². The Balaban J connectivity index is 1.91. The van der Waals surface area contributed by atoms with Crippen molar-refractivity contribution < 1.29 is 14.3 Å². The van der Waals surface area contributed by atoms with Crippen LogP contribution in [0.15, 0.2) is 30.3 Å². The zero-order valence-electron chi connectivity index (χ0n) is 9.76. The molecule has 2 amide bonds. The monoisotopic (exact) mass is 233 g/mol. The van der Waals surface area contributed by atoms with Gasteiger partial charge in [0.1, 0.15) is 6.61 Å². The van der Waals surface area contributed by atoms with E-state index in [2.05, 4.69) is 0 Å². The number of imide groups is 1. The number of benzene rings is 1. The number of carbonyl (C=O) groups excluding carboxylic acids is 2. The second-order valence-corrected chi connectivity index (χ2v) is 4.19. The van der Waals surface area contributed by atoms with Gasteiger partial charge in [-0.1, -0.05) is 30.3 Å². The lowest BCUT2D eigenvalue weighted by Crippen LogP contribution is -2.37. The van der Waals surface area contributed by atoms with Gasteiger partial charge in [0.15, 0.2) is 0 Å². The first-order valence-electron chi connectivity index (χ1n) is 5.71. The van der Waals surface area contributed by atoms with Gasteiger partial charge < -0.3 is 4.74 Å². The standard InChI is InChI=1S/C13H15NO3/c1-10-7-8-12(15)14(10)13(16)17-9-11-5-3-2-4-6-11/h2-6,10H,7-9H2,1H3/t10-/m0/s1. The van der Waals surface area contributed by atoms with Crippen LogP contribution in [-0.2, 0) is 16.1 Å². The van der Waals surface area contributed by atoms with E-state index >= 15 is 0 Å². The van der Waals surface area contributed by atoms with Crippen molar-refractivity contribution in [1.29, 1.82) is 0 Å². The number of rotatable bonds is 2. The highest BCUT2D eigenvalue weighted by molar-refractivity contribution is 5.93. The summed E-state index contributed by atoms with van der Waals surface area (Å²) in [6.07, 6.45) is 0.616. The average Bonchev–Trinajstić information content (AvgIpc) is 2.67. The Morgan fingerprint density at radius 1 is 1.41 bits per heavy atom. The van der Waals surface area contributed by atoms with Crippen LogP contribution in [0.4, 0.5) is 4.79 Å². The van der Waals surface area contributed by atoms with E-state index in [9.17, 15) is 9.59 Å². The number of likely N-dealkylation sites (tertiary alicyclic amines) is 1. The van der Waals surface area contributed by atoms with Crippen LogP contribution in [0, 0.1) is 0 Å². The maximum atomic E-state index is 11.7. The van der Waals surface area contributed by atoms with Crippen molar-refractivity contribution in [3.8, 4) is 0 Å². The third-order valence-corrected chi connectivity index (χ3v) is 2.89. The second-order valence-electron chi connectivity index (χ2n) is 4.19. The van der Waals surface area contributed by atoms with Gasteiger partial charge in [0, 0.05) is 12.5 Å². The van der Waals surface area contributed by atoms with Crippen molar-refractivity contribution in [2.24, 2.45) is 0 Å². The summed E-state index contributed by atoms with van der Waals surface area (Å²) in [4.78, 5) is 24.4. The molecule has 1 aliphatic rings. The molecule has 0 aromatic heterocycles. The number of ether oxygens (including phenoxy) is 1. The Morgan fingerprint density at radius 2 is 2.12 bits per heavy atom. The lowest BCUT2D eigenvalue weighted by molar-refractivity contribution is -0.127. The van der Waals surface area contributed by atoms with Crippen molar-refractivity contribution in [1.82, 2.24) is 4.90 Å². The van der Waals surface area contributed by atoms with Crippen molar-refractivity contribution >= 4 is 12.0 Å². The smallest absolute Gasteiger partial charge is 0.417 e. The Bertz CT molecular complexity index is 416. The zero-order chi connectivity index (χ0) is 12.3. The molecule has 1 atom stereocenters. The molecule has 0 spiro atoms. The number of carbonyl (C=O) groups is 2. The fourth-order valence-electron chi connectivity index (χ4n) is 1.90. The quantitative estimate of drug-likeness (QED) is 0.787. The summed E-state index contributed by atoms with van der Waals surface area (Å²) < 4.78 is 5.12. The number of amides is 2. The van der Waals surface area contributed by atoms with E-state index in [0.717, 1.165) is 12.0 Å². The molecule has 1 saturated heterocycles. The normalized spacial score (nSPS) is 19.5. The minimum atomic E-state index is -0.538. The molecule has 0 saturated carbocycles. The van der Waals surface area contributed by atoms with E-state index in [1.165, 1.54) is 4.90 Å². The van der Waals surface area contributed by atoms with Gasteiger partial charge in [-0.25, -0.2) is 9.69 Å². The summed E-state index contributed by atoms with van der Waals surface area (Å²) >= 11 is 0. The van der Waals surface area contributed by atoms with Gasteiger partial charge in [0.05, 0.1) is 0 Å². The molecule has 90 valence electrons. The van der Waals surface area contributed by atoms with E-state index in [1.54, 1.807) is 0 Å². The Kier molecular flexibility index (Phi) is 3.42. The lowest BCUT2D eigenvalue weighted by Gasteiger charge is -2.18. The van der Waals surface area contributed by atoms with Crippen LogP contribution in [0.1, 0.15) is 25.3 Å². The van der Waals surface area contributed by atoms with Crippen LogP contribution >= 0.6 is 0 Å². The van der Waals surface area contributed by atoms with E-state index in [-0.39, 0.29) is 18.6 Å². The maximum Gasteiger partial charge on any atom is 0.417 e. The summed E-state index contributed by atoms with van der Waals surface area (Å²) in [7, 11) is 0. The van der Waals surface area contributed by atoms with Gasteiger partial charge in [-0.2, -0.15) is 0 Å². The van der Waals surface area contributed by atoms with Crippen molar-refractivity contribution in [2.45, 2.75) is 32.4 Å². The molecule has 0 bridgehead atoms. The van der Waals surface area contributed by atoms with Crippen molar-refractivity contribution in [3.05, 3.63) is 35.9 Å². The van der Waals surface area contributed by atoms with Gasteiger partial charge in [-0.05, 0) is 18.9 Å². The first-order chi connectivity index (χ1) is 8.18. The molecule has 1 aliphatic heterocycles. The van der Waals surface area contributed by atoms with Crippen molar-refractivity contribution in [2.75, 3.05) is 0 Å². The van der Waals surface area contributed by atoms with E-state index in [4.69, 9.17) is 4.74 Å². The highest BCUT2D eigenvalue weighted by Gasteiger charge is 2.33. The van der Waals surface area contributed by atoms with Crippen LogP contribution in [0.2, 0.25) is 0 Å². The SMILES string of the molecule is C[C@H]1CCC(=O)N1C(=O)OCc1ccccc1. The molecule has 1 heterocycles. The Hall–Kier alpha value is -1.84. The highest BCUT2D eigenvalue weighted by Crippen LogP contribution is 2.19. The minimum Gasteiger partial charge on any atom is -0.444 e. The fourth-order valence-corrected chi connectivity index (χ4v) is 1.90. The summed E-state index contributed by atoms with van der Waals surface area (Å²) in [6.45, 7) is 2.06. The predicted molar refractivity (Wildman–Crippen MR) is 62.2 cm³/mol. The van der Waals surface area contributed by atoms with Crippen LogP contribution in [0.5, 0.6) is 0 Å². The van der Waals surface area contributed by atoms with Gasteiger partial charge in [0.2, 0.25) is 5.91 Å². The molecule has 0 unspecified atom stereocenters. The molecule has 4 nitrogen and oxygen atoms in total. The maximum absolute atomic E-state index is 11.7. The molecule has 0 radical (unpaired) electrons. The number of hydrogen-bond donors (Lipinski definition) is 0. The molecule has 17 heavy (non-hydrogen) atoms. The predicted octanol–water partition coefficient (Wildman–Crippen LogP) is 2.33. The number of nitrogens with zero attached hydrogens (tertiary/aromatic N) is 1. The average molecular weight is 233 g/mol. The Morgan fingerprint density at radius 3 is 2.71 bits per heavy atom. The molecule has 1 fully saturated rings. The molecule has 0 aliphatic carbocycles. The summed E-state index contributed by atoms with van der Waals surface area (Å²) in [6, 6.07) is 9.37.